The molecule has 0 bridgehead atoms. The smallest absolute Gasteiger partial charge is 0.266 e. The Morgan fingerprint density at radius 1 is 1.10 bits per heavy atom. The maximum absolute atomic E-state index is 13.3. The van der Waals surface area contributed by atoms with Crippen molar-refractivity contribution in [3.8, 4) is 5.69 Å². The number of aryl methyl sites for hydroxylation is 1. The van der Waals surface area contributed by atoms with Crippen molar-refractivity contribution in [3.05, 3.63) is 86.8 Å². The summed E-state index contributed by atoms with van der Waals surface area (Å²) in [6.07, 6.45) is 0. The Labute approximate surface area is 183 Å². The summed E-state index contributed by atoms with van der Waals surface area (Å²) in [7, 11) is 1.80. The lowest BCUT2D eigenvalue weighted by Gasteiger charge is -2.18. The van der Waals surface area contributed by atoms with E-state index in [2.05, 4.69) is 0 Å². The van der Waals surface area contributed by atoms with Crippen LogP contribution in [0.2, 0.25) is 0 Å². The number of hydrogen-bond acceptors (Lipinski definition) is 5. The van der Waals surface area contributed by atoms with Crippen LogP contribution in [0.25, 0.3) is 16.6 Å². The third-order valence-electron chi connectivity index (χ3n) is 4.82. The molecule has 2 heterocycles. The first-order valence-corrected chi connectivity index (χ1v) is 11.4. The van der Waals surface area contributed by atoms with Crippen molar-refractivity contribution in [2.24, 2.45) is 0 Å². The quantitative estimate of drug-likeness (QED) is 0.330. The van der Waals surface area contributed by atoms with Crippen molar-refractivity contribution >= 4 is 39.9 Å². The highest BCUT2D eigenvalue weighted by atomic mass is 32.2. The number of nitrogens with zero attached hydrogens (tertiary/aromatic N) is 3. The van der Waals surface area contributed by atoms with E-state index in [1.807, 2.05) is 66.9 Å². The molecule has 30 heavy (non-hydrogen) atoms. The highest BCUT2D eigenvalue weighted by molar-refractivity contribution is 7.99. The maximum Gasteiger partial charge on any atom is 0.266 e. The van der Waals surface area contributed by atoms with Crippen LogP contribution in [0.4, 0.5) is 0 Å². The van der Waals surface area contributed by atoms with E-state index in [1.165, 1.54) is 11.8 Å². The Morgan fingerprint density at radius 2 is 1.87 bits per heavy atom. The summed E-state index contributed by atoms with van der Waals surface area (Å²) in [5, 5.41) is 3.08. The molecule has 0 saturated carbocycles. The van der Waals surface area contributed by atoms with E-state index in [1.54, 1.807) is 33.9 Å². The number of thiophene rings is 1. The predicted octanol–water partition coefficient (Wildman–Crippen LogP) is 4.51. The molecule has 0 radical (unpaired) electrons. The van der Waals surface area contributed by atoms with Crippen molar-refractivity contribution < 1.29 is 4.79 Å². The van der Waals surface area contributed by atoms with E-state index in [0.29, 0.717) is 22.6 Å². The molecule has 0 saturated heterocycles. The van der Waals surface area contributed by atoms with Gasteiger partial charge in [-0.2, -0.15) is 0 Å². The number of aromatic nitrogens is 2. The minimum absolute atomic E-state index is 0.00728. The van der Waals surface area contributed by atoms with Crippen LogP contribution in [0, 0.1) is 6.92 Å². The van der Waals surface area contributed by atoms with Crippen molar-refractivity contribution in [1.29, 1.82) is 0 Å². The third-order valence-corrected chi connectivity index (χ3v) is 6.61. The third kappa shape index (κ3) is 4.17. The van der Waals surface area contributed by atoms with Gasteiger partial charge in [0.05, 0.1) is 28.9 Å². The van der Waals surface area contributed by atoms with E-state index >= 15 is 0 Å². The standard InChI is InChI=1S/C23H21N3O2S2/c1-16-8-3-6-12-20(16)26-22(28)18-10-4-5-11-19(18)24-23(26)30-15-21(27)25(2)14-17-9-7-13-29-17/h3-13H,14-15H2,1-2H3. The monoisotopic (exact) mass is 435 g/mol. The Hall–Kier alpha value is -2.90. The molecule has 2 aromatic heterocycles. The van der Waals surface area contributed by atoms with Crippen LogP contribution in [0.3, 0.4) is 0 Å². The molecule has 0 N–H and O–H groups in total. The van der Waals surface area contributed by atoms with Crippen LogP contribution in [0.1, 0.15) is 10.4 Å². The van der Waals surface area contributed by atoms with Crippen LogP contribution >= 0.6 is 23.1 Å². The number of amides is 1. The van der Waals surface area contributed by atoms with Gasteiger partial charge in [-0.25, -0.2) is 4.98 Å². The second-order valence-corrected chi connectivity index (χ2v) is 8.93. The van der Waals surface area contributed by atoms with Crippen molar-refractivity contribution in [2.75, 3.05) is 12.8 Å². The summed E-state index contributed by atoms with van der Waals surface area (Å²) in [5.74, 6) is 0.200. The van der Waals surface area contributed by atoms with Gasteiger partial charge in [-0.05, 0) is 42.1 Å². The highest BCUT2D eigenvalue weighted by Gasteiger charge is 2.17. The topological polar surface area (TPSA) is 55.2 Å². The van der Waals surface area contributed by atoms with Crippen molar-refractivity contribution in [2.45, 2.75) is 18.6 Å². The summed E-state index contributed by atoms with van der Waals surface area (Å²) < 4.78 is 1.62. The zero-order valence-corrected chi connectivity index (χ0v) is 18.4. The Morgan fingerprint density at radius 3 is 2.63 bits per heavy atom. The van der Waals surface area contributed by atoms with Crippen LogP contribution in [-0.2, 0) is 11.3 Å². The van der Waals surface area contributed by atoms with Gasteiger partial charge < -0.3 is 4.90 Å². The summed E-state index contributed by atoms with van der Waals surface area (Å²) in [6, 6.07) is 19.0. The second kappa shape index (κ2) is 8.85. The van der Waals surface area contributed by atoms with Crippen LogP contribution in [0.5, 0.6) is 0 Å². The van der Waals surface area contributed by atoms with Gasteiger partial charge in [0.15, 0.2) is 5.16 Å². The molecule has 0 fully saturated rings. The number of carbonyl (C=O) groups excluding carboxylic acids is 1. The van der Waals surface area contributed by atoms with E-state index in [0.717, 1.165) is 16.1 Å². The number of para-hydroxylation sites is 2. The summed E-state index contributed by atoms with van der Waals surface area (Å²) in [6.45, 7) is 2.54. The highest BCUT2D eigenvalue weighted by Crippen LogP contribution is 2.23. The van der Waals surface area contributed by atoms with Gasteiger partial charge in [-0.1, -0.05) is 48.2 Å². The second-order valence-electron chi connectivity index (χ2n) is 6.96. The maximum atomic E-state index is 13.3. The molecule has 5 nitrogen and oxygen atoms in total. The fourth-order valence-electron chi connectivity index (χ4n) is 3.20. The summed E-state index contributed by atoms with van der Waals surface area (Å²) in [5.41, 5.74) is 2.26. The molecule has 4 rings (SSSR count). The minimum atomic E-state index is -0.128. The molecule has 152 valence electrons. The summed E-state index contributed by atoms with van der Waals surface area (Å²) in [4.78, 5) is 33.6. The molecular formula is C23H21N3O2S2. The van der Waals surface area contributed by atoms with E-state index in [-0.39, 0.29) is 17.2 Å². The fourth-order valence-corrected chi connectivity index (χ4v) is 4.90. The molecule has 7 heteroatoms. The molecule has 0 unspecified atom stereocenters. The molecule has 0 aliphatic rings. The van der Waals surface area contributed by atoms with E-state index < -0.39 is 0 Å². The Bertz CT molecular complexity index is 1250. The van der Waals surface area contributed by atoms with Gasteiger partial charge in [0.25, 0.3) is 5.56 Å². The summed E-state index contributed by atoms with van der Waals surface area (Å²) >= 11 is 2.92. The number of fused-ring (bicyclic) bond motifs is 1. The first kappa shape index (κ1) is 20.4. The lowest BCUT2D eigenvalue weighted by molar-refractivity contribution is -0.127. The molecule has 2 aromatic carbocycles. The van der Waals surface area contributed by atoms with Gasteiger partial charge in [-0.3, -0.25) is 14.2 Å². The fraction of sp³-hybridized carbons (Fsp3) is 0.174. The average Bonchev–Trinajstić information content (AvgIpc) is 3.26. The van der Waals surface area contributed by atoms with Crippen LogP contribution in [0.15, 0.2) is 76.0 Å². The van der Waals surface area contributed by atoms with E-state index in [9.17, 15) is 9.59 Å². The molecule has 0 aliphatic carbocycles. The normalized spacial score (nSPS) is 11.0. The van der Waals surface area contributed by atoms with Gasteiger partial charge in [0, 0.05) is 11.9 Å². The van der Waals surface area contributed by atoms with Crippen LogP contribution < -0.4 is 5.56 Å². The average molecular weight is 436 g/mol. The van der Waals surface area contributed by atoms with Crippen molar-refractivity contribution in [1.82, 2.24) is 14.5 Å². The largest absolute Gasteiger partial charge is 0.340 e. The molecule has 1 amide bonds. The first-order chi connectivity index (χ1) is 14.5. The van der Waals surface area contributed by atoms with E-state index in [4.69, 9.17) is 4.98 Å². The Balaban J connectivity index is 1.67. The molecular weight excluding hydrogens is 414 g/mol. The SMILES string of the molecule is Cc1ccccc1-n1c(SCC(=O)N(C)Cc2cccs2)nc2ccccc2c1=O. The zero-order chi connectivity index (χ0) is 21.1. The predicted molar refractivity (Wildman–Crippen MR) is 124 cm³/mol. The van der Waals surface area contributed by atoms with Gasteiger partial charge in [0.1, 0.15) is 0 Å². The number of benzene rings is 2. The van der Waals surface area contributed by atoms with Crippen LogP contribution in [-0.4, -0.2) is 33.2 Å². The number of thioether (sulfide) groups is 1. The molecule has 0 spiro atoms. The lowest BCUT2D eigenvalue weighted by Crippen LogP contribution is -2.28. The molecule has 0 aliphatic heterocycles. The molecule has 0 atom stereocenters. The molecule has 4 aromatic rings. The van der Waals surface area contributed by atoms with Crippen molar-refractivity contribution in [3.63, 3.8) is 0 Å². The lowest BCUT2D eigenvalue weighted by atomic mass is 10.2. The Kier molecular flexibility index (Phi) is 6.01. The number of rotatable bonds is 6. The minimum Gasteiger partial charge on any atom is -0.340 e. The number of carbonyl (C=O) groups is 1. The number of hydrogen-bond donors (Lipinski definition) is 0. The van der Waals surface area contributed by atoms with Gasteiger partial charge >= 0.3 is 0 Å². The van der Waals surface area contributed by atoms with Gasteiger partial charge in [0.2, 0.25) is 5.91 Å². The first-order valence-electron chi connectivity index (χ1n) is 9.51. The zero-order valence-electron chi connectivity index (χ0n) is 16.7. The van der Waals surface area contributed by atoms with Gasteiger partial charge in [-0.15, -0.1) is 11.3 Å².